The third-order valence-corrected chi connectivity index (χ3v) is 2.89. The predicted molar refractivity (Wildman–Crippen MR) is 68.7 cm³/mol. The van der Waals surface area contributed by atoms with Crippen LogP contribution in [0.1, 0.15) is 10.5 Å². The number of aromatic carboxylic acids is 1. The summed E-state index contributed by atoms with van der Waals surface area (Å²) in [6.07, 6.45) is 4.45. The normalized spacial score (nSPS) is 10.8. The first-order chi connectivity index (χ1) is 9.15. The molecule has 2 heterocycles. The lowest BCUT2D eigenvalue weighted by Gasteiger charge is -2.01. The van der Waals surface area contributed by atoms with Gasteiger partial charge in [-0.25, -0.2) is 14.8 Å². The van der Waals surface area contributed by atoms with Gasteiger partial charge in [-0.2, -0.15) is 0 Å². The summed E-state index contributed by atoms with van der Waals surface area (Å²) in [7, 11) is 1.93. The van der Waals surface area contributed by atoms with Gasteiger partial charge in [0, 0.05) is 12.6 Å². The van der Waals surface area contributed by atoms with Gasteiger partial charge >= 0.3 is 5.97 Å². The quantitative estimate of drug-likeness (QED) is 0.753. The lowest BCUT2D eigenvalue weighted by atomic mass is 10.1. The molecule has 0 aliphatic heterocycles. The van der Waals surface area contributed by atoms with Gasteiger partial charge in [-0.3, -0.25) is 4.98 Å². The first-order valence-corrected chi connectivity index (χ1v) is 5.62. The molecule has 1 aromatic carbocycles. The summed E-state index contributed by atoms with van der Waals surface area (Å²) in [6, 6.07) is 5.76. The van der Waals surface area contributed by atoms with E-state index in [2.05, 4.69) is 15.0 Å². The lowest BCUT2D eigenvalue weighted by molar-refractivity contribution is 0.0690. The molecule has 0 spiro atoms. The van der Waals surface area contributed by atoms with Crippen LogP contribution in [0, 0.1) is 0 Å². The number of carboxylic acids is 1. The highest BCUT2D eigenvalue weighted by Crippen LogP contribution is 2.21. The van der Waals surface area contributed by atoms with E-state index in [4.69, 9.17) is 5.11 Å². The molecule has 94 valence electrons. The van der Waals surface area contributed by atoms with Crippen LogP contribution in [0.25, 0.3) is 22.3 Å². The molecule has 3 aromatic rings. The summed E-state index contributed by atoms with van der Waals surface area (Å²) in [5.41, 5.74) is 3.30. The Hall–Kier alpha value is -2.76. The molecular formula is C13H10N4O2. The van der Waals surface area contributed by atoms with E-state index in [0.717, 1.165) is 16.6 Å². The molecule has 2 aromatic heterocycles. The highest BCUT2D eigenvalue weighted by molar-refractivity contribution is 5.85. The lowest BCUT2D eigenvalue weighted by Crippen LogP contribution is -2.01. The molecule has 6 heteroatoms. The topological polar surface area (TPSA) is 80.9 Å². The van der Waals surface area contributed by atoms with E-state index in [-0.39, 0.29) is 5.69 Å². The summed E-state index contributed by atoms with van der Waals surface area (Å²) in [6.45, 7) is 0. The standard InChI is InChI=1S/C13H10N4O2/c1-17-7-16-9-4-8(2-3-12(9)17)10-5-15-11(6-14-10)13(18)19/h2-7H,1H3,(H,18,19). The van der Waals surface area contributed by atoms with E-state index in [9.17, 15) is 4.79 Å². The second kappa shape index (κ2) is 4.16. The van der Waals surface area contributed by atoms with E-state index in [1.807, 2.05) is 29.8 Å². The van der Waals surface area contributed by atoms with Gasteiger partial charge in [0.1, 0.15) is 0 Å². The van der Waals surface area contributed by atoms with Crippen LogP contribution in [0.5, 0.6) is 0 Å². The van der Waals surface area contributed by atoms with Crippen LogP contribution in [0.3, 0.4) is 0 Å². The number of imidazole rings is 1. The summed E-state index contributed by atoms with van der Waals surface area (Å²) in [5.74, 6) is -1.08. The van der Waals surface area contributed by atoms with Gasteiger partial charge in [-0.1, -0.05) is 6.07 Å². The Bertz CT molecular complexity index is 762. The van der Waals surface area contributed by atoms with Crippen LogP contribution >= 0.6 is 0 Å². The zero-order valence-electron chi connectivity index (χ0n) is 10.1. The van der Waals surface area contributed by atoms with Gasteiger partial charge in [0.2, 0.25) is 0 Å². The fourth-order valence-electron chi connectivity index (χ4n) is 1.88. The van der Waals surface area contributed by atoms with Gasteiger partial charge in [-0.15, -0.1) is 0 Å². The molecule has 3 rings (SSSR count). The number of aromatic nitrogens is 4. The molecule has 19 heavy (non-hydrogen) atoms. The highest BCUT2D eigenvalue weighted by atomic mass is 16.4. The van der Waals surface area contributed by atoms with Gasteiger partial charge in [0.25, 0.3) is 0 Å². The van der Waals surface area contributed by atoms with Crippen LogP contribution < -0.4 is 0 Å². The second-order valence-electron chi connectivity index (χ2n) is 4.15. The number of rotatable bonds is 2. The van der Waals surface area contributed by atoms with Crippen molar-refractivity contribution in [3.63, 3.8) is 0 Å². The van der Waals surface area contributed by atoms with Crippen molar-refractivity contribution < 1.29 is 9.90 Å². The Kier molecular flexibility index (Phi) is 2.49. The van der Waals surface area contributed by atoms with Crippen LogP contribution in [0.15, 0.2) is 36.9 Å². The molecule has 0 amide bonds. The van der Waals surface area contributed by atoms with E-state index in [1.54, 1.807) is 6.33 Å². The minimum absolute atomic E-state index is 0.0670. The van der Waals surface area contributed by atoms with Crippen molar-refractivity contribution in [2.24, 2.45) is 7.05 Å². The van der Waals surface area contributed by atoms with Crippen molar-refractivity contribution in [1.29, 1.82) is 0 Å². The number of aryl methyl sites for hydroxylation is 1. The SMILES string of the molecule is Cn1cnc2cc(-c3cnc(C(=O)O)cn3)ccc21. The Morgan fingerprint density at radius 2 is 2.05 bits per heavy atom. The van der Waals surface area contributed by atoms with Gasteiger partial charge in [0.15, 0.2) is 5.69 Å². The molecule has 0 radical (unpaired) electrons. The average Bonchev–Trinajstić information content (AvgIpc) is 2.80. The number of hydrogen-bond acceptors (Lipinski definition) is 4. The number of benzene rings is 1. The smallest absolute Gasteiger partial charge is 0.356 e. The first-order valence-electron chi connectivity index (χ1n) is 5.62. The van der Waals surface area contributed by atoms with Gasteiger partial charge in [0.05, 0.1) is 35.4 Å². The van der Waals surface area contributed by atoms with Crippen molar-refractivity contribution >= 4 is 17.0 Å². The monoisotopic (exact) mass is 254 g/mol. The predicted octanol–water partition coefficient (Wildman–Crippen LogP) is 1.73. The molecule has 1 N–H and O–H groups in total. The Morgan fingerprint density at radius 3 is 2.74 bits per heavy atom. The summed E-state index contributed by atoms with van der Waals surface area (Å²) < 4.78 is 1.93. The molecule has 0 saturated heterocycles. The average molecular weight is 254 g/mol. The summed E-state index contributed by atoms with van der Waals surface area (Å²) >= 11 is 0. The Morgan fingerprint density at radius 1 is 1.21 bits per heavy atom. The zero-order chi connectivity index (χ0) is 13.4. The molecule has 0 aliphatic carbocycles. The zero-order valence-corrected chi connectivity index (χ0v) is 10.1. The van der Waals surface area contributed by atoms with E-state index in [0.29, 0.717) is 5.69 Å². The third-order valence-electron chi connectivity index (χ3n) is 2.89. The maximum Gasteiger partial charge on any atom is 0.356 e. The molecular weight excluding hydrogens is 244 g/mol. The van der Waals surface area contributed by atoms with Crippen LogP contribution in [-0.4, -0.2) is 30.6 Å². The Balaban J connectivity index is 2.05. The van der Waals surface area contributed by atoms with Crippen molar-refractivity contribution in [2.45, 2.75) is 0 Å². The molecule has 0 fully saturated rings. The summed E-state index contributed by atoms with van der Waals surface area (Å²) in [5, 5.41) is 8.78. The van der Waals surface area contributed by atoms with E-state index in [1.165, 1.54) is 12.4 Å². The van der Waals surface area contributed by atoms with E-state index >= 15 is 0 Å². The Labute approximate surface area is 108 Å². The number of hydrogen-bond donors (Lipinski definition) is 1. The van der Waals surface area contributed by atoms with Crippen molar-refractivity contribution in [3.05, 3.63) is 42.6 Å². The molecule has 0 bridgehead atoms. The third kappa shape index (κ3) is 1.93. The van der Waals surface area contributed by atoms with Crippen molar-refractivity contribution in [1.82, 2.24) is 19.5 Å². The molecule has 0 saturated carbocycles. The minimum Gasteiger partial charge on any atom is -0.476 e. The molecule has 6 nitrogen and oxygen atoms in total. The first kappa shape index (κ1) is 11.3. The second-order valence-corrected chi connectivity index (χ2v) is 4.15. The van der Waals surface area contributed by atoms with E-state index < -0.39 is 5.97 Å². The molecule has 0 atom stereocenters. The maximum absolute atomic E-state index is 10.7. The van der Waals surface area contributed by atoms with Crippen LogP contribution in [-0.2, 0) is 7.05 Å². The number of nitrogens with zero attached hydrogens (tertiary/aromatic N) is 4. The van der Waals surface area contributed by atoms with Crippen LogP contribution in [0.2, 0.25) is 0 Å². The number of fused-ring (bicyclic) bond motifs is 1. The highest BCUT2D eigenvalue weighted by Gasteiger charge is 2.07. The van der Waals surface area contributed by atoms with Crippen molar-refractivity contribution in [3.8, 4) is 11.3 Å². The fourth-order valence-corrected chi connectivity index (χ4v) is 1.88. The summed E-state index contributed by atoms with van der Waals surface area (Å²) in [4.78, 5) is 22.9. The van der Waals surface area contributed by atoms with Gasteiger partial charge < -0.3 is 9.67 Å². The van der Waals surface area contributed by atoms with Crippen LogP contribution in [0.4, 0.5) is 0 Å². The molecule has 0 aliphatic rings. The fraction of sp³-hybridized carbons (Fsp3) is 0.0769. The largest absolute Gasteiger partial charge is 0.476 e. The maximum atomic E-state index is 10.7. The minimum atomic E-state index is -1.08. The van der Waals surface area contributed by atoms with Gasteiger partial charge in [-0.05, 0) is 12.1 Å². The van der Waals surface area contributed by atoms with Crippen molar-refractivity contribution in [2.75, 3.05) is 0 Å². The number of carbonyl (C=O) groups is 1. The molecule has 0 unspecified atom stereocenters. The number of carboxylic acid groups (broad SMARTS) is 1.